The number of hydrogen-bond acceptors (Lipinski definition) is 4. The van der Waals surface area contributed by atoms with Gasteiger partial charge in [0.1, 0.15) is 0 Å². The average Bonchev–Trinajstić information content (AvgIpc) is 2.14. The molecule has 0 unspecified atom stereocenters. The zero-order chi connectivity index (χ0) is 9.45. The van der Waals surface area contributed by atoms with Crippen LogP contribution in [-0.2, 0) is 13.3 Å². The van der Waals surface area contributed by atoms with E-state index in [0.29, 0.717) is 12.6 Å². The molecule has 0 aliphatic rings. The Bertz CT molecular complexity index is 128. The maximum absolute atomic E-state index is 5.29. The van der Waals surface area contributed by atoms with E-state index < -0.39 is 8.80 Å². The van der Waals surface area contributed by atoms with Crippen LogP contribution in [0.3, 0.4) is 0 Å². The molecule has 0 aromatic carbocycles. The van der Waals surface area contributed by atoms with Gasteiger partial charge in [-0.1, -0.05) is 12.2 Å². The maximum atomic E-state index is 5.29. The van der Waals surface area contributed by atoms with Gasteiger partial charge in [-0.2, -0.15) is 0 Å². The molecule has 0 heterocycles. The van der Waals surface area contributed by atoms with Gasteiger partial charge in [0.15, 0.2) is 0 Å². The van der Waals surface area contributed by atoms with Crippen molar-refractivity contribution in [2.75, 3.05) is 27.9 Å². The molecule has 5 heteroatoms. The third-order valence-electron chi connectivity index (χ3n) is 1.60. The second kappa shape index (κ2) is 6.33. The van der Waals surface area contributed by atoms with E-state index in [4.69, 9.17) is 19.0 Å². The number of allylic oxidation sites excluding steroid dienone is 1. The Hall–Kier alpha value is -0.203. The van der Waals surface area contributed by atoms with Crippen molar-refractivity contribution < 1.29 is 13.3 Å². The van der Waals surface area contributed by atoms with Gasteiger partial charge in [0.2, 0.25) is 0 Å². The fourth-order valence-electron chi connectivity index (χ4n) is 0.824. The van der Waals surface area contributed by atoms with Crippen molar-refractivity contribution in [1.29, 1.82) is 0 Å². The summed E-state index contributed by atoms with van der Waals surface area (Å²) in [7, 11) is 2.38. The van der Waals surface area contributed by atoms with Crippen molar-refractivity contribution in [3.63, 3.8) is 0 Å². The number of rotatable bonds is 6. The minimum absolute atomic E-state index is 0.529. The van der Waals surface area contributed by atoms with E-state index in [1.165, 1.54) is 0 Å². The normalized spacial score (nSPS) is 12.7. The van der Waals surface area contributed by atoms with Crippen LogP contribution >= 0.6 is 0 Å². The van der Waals surface area contributed by atoms with Gasteiger partial charge in [0.05, 0.1) is 0 Å². The van der Waals surface area contributed by atoms with Crippen LogP contribution in [0.15, 0.2) is 12.2 Å². The summed E-state index contributed by atoms with van der Waals surface area (Å²) < 4.78 is 15.6. The maximum Gasteiger partial charge on any atom is 0.504 e. The Balaban J connectivity index is 4.01. The summed E-state index contributed by atoms with van der Waals surface area (Å²) in [6, 6.07) is 0.660. The predicted octanol–water partition coefficient (Wildman–Crippen LogP) is 0.379. The van der Waals surface area contributed by atoms with Crippen LogP contribution < -0.4 is 5.73 Å². The van der Waals surface area contributed by atoms with Crippen LogP contribution in [0.2, 0.25) is 6.04 Å². The molecule has 0 bridgehead atoms. The molecule has 0 saturated carbocycles. The van der Waals surface area contributed by atoms with Crippen molar-refractivity contribution in [2.45, 2.75) is 6.04 Å². The summed E-state index contributed by atoms with van der Waals surface area (Å²) in [4.78, 5) is 0. The first-order chi connectivity index (χ1) is 5.74. The summed E-state index contributed by atoms with van der Waals surface area (Å²) in [6.45, 7) is 0.529. The quantitative estimate of drug-likeness (QED) is 0.487. The molecule has 2 N–H and O–H groups in total. The van der Waals surface area contributed by atoms with Gasteiger partial charge >= 0.3 is 8.80 Å². The molecule has 0 spiro atoms. The summed E-state index contributed by atoms with van der Waals surface area (Å²) in [5, 5.41) is 0. The van der Waals surface area contributed by atoms with Crippen LogP contribution in [-0.4, -0.2) is 36.7 Å². The average molecular weight is 191 g/mol. The molecule has 0 amide bonds. The van der Waals surface area contributed by atoms with Gasteiger partial charge < -0.3 is 19.0 Å². The van der Waals surface area contributed by atoms with Crippen LogP contribution in [0.25, 0.3) is 0 Å². The molecule has 0 saturated heterocycles. The van der Waals surface area contributed by atoms with Crippen molar-refractivity contribution in [3.05, 3.63) is 12.2 Å². The molecule has 0 rings (SSSR count). The van der Waals surface area contributed by atoms with E-state index in [2.05, 4.69) is 0 Å². The highest BCUT2D eigenvalue weighted by atomic mass is 28.4. The molecule has 0 aromatic rings. The summed E-state index contributed by atoms with van der Waals surface area (Å²) in [5.41, 5.74) is 5.29. The lowest BCUT2D eigenvalue weighted by atomic mass is 10.5. The fraction of sp³-hybridized carbons (Fsp3) is 0.714. The Morgan fingerprint density at radius 3 is 1.92 bits per heavy atom. The topological polar surface area (TPSA) is 53.7 Å². The molecule has 0 radical (unpaired) electrons. The number of hydrogen-bond donors (Lipinski definition) is 1. The zero-order valence-corrected chi connectivity index (χ0v) is 8.87. The minimum atomic E-state index is -2.40. The first-order valence-corrected chi connectivity index (χ1v) is 5.68. The van der Waals surface area contributed by atoms with E-state index in [1.807, 2.05) is 12.2 Å². The second-order valence-corrected chi connectivity index (χ2v) is 5.21. The smallest absolute Gasteiger partial charge is 0.377 e. The molecule has 72 valence electrons. The summed E-state index contributed by atoms with van der Waals surface area (Å²) in [6.07, 6.45) is 3.78. The molecular formula is C7H17NO3Si. The third kappa shape index (κ3) is 3.46. The van der Waals surface area contributed by atoms with Crippen LogP contribution in [0.4, 0.5) is 0 Å². The Labute approximate surface area is 74.7 Å². The van der Waals surface area contributed by atoms with Gasteiger partial charge in [0, 0.05) is 33.9 Å². The van der Waals surface area contributed by atoms with Crippen LogP contribution in [0.1, 0.15) is 0 Å². The van der Waals surface area contributed by atoms with Gasteiger partial charge in [0.25, 0.3) is 0 Å². The molecule has 0 aromatic heterocycles. The molecule has 12 heavy (non-hydrogen) atoms. The van der Waals surface area contributed by atoms with E-state index >= 15 is 0 Å². The highest BCUT2D eigenvalue weighted by molar-refractivity contribution is 6.61. The van der Waals surface area contributed by atoms with Crippen LogP contribution in [0.5, 0.6) is 0 Å². The lowest BCUT2D eigenvalue weighted by molar-refractivity contribution is 0.127. The molecule has 4 nitrogen and oxygen atoms in total. The monoisotopic (exact) mass is 191 g/mol. The highest BCUT2D eigenvalue weighted by Crippen LogP contribution is 2.12. The minimum Gasteiger partial charge on any atom is -0.377 e. The lowest BCUT2D eigenvalue weighted by Crippen LogP contribution is -2.42. The predicted molar refractivity (Wildman–Crippen MR) is 49.8 cm³/mol. The Morgan fingerprint density at radius 2 is 1.58 bits per heavy atom. The summed E-state index contributed by atoms with van der Waals surface area (Å²) in [5.74, 6) is 0. The van der Waals surface area contributed by atoms with Gasteiger partial charge in [-0.25, -0.2) is 0 Å². The molecule has 0 fully saturated rings. The van der Waals surface area contributed by atoms with Crippen molar-refractivity contribution in [2.24, 2.45) is 5.73 Å². The van der Waals surface area contributed by atoms with E-state index in [1.54, 1.807) is 21.3 Å². The van der Waals surface area contributed by atoms with Gasteiger partial charge in [-0.3, -0.25) is 0 Å². The van der Waals surface area contributed by atoms with E-state index in [-0.39, 0.29) is 0 Å². The molecular weight excluding hydrogens is 174 g/mol. The first kappa shape index (κ1) is 11.8. The highest BCUT2D eigenvalue weighted by Gasteiger charge is 2.35. The number of nitrogens with two attached hydrogens (primary N) is 1. The Morgan fingerprint density at radius 1 is 1.08 bits per heavy atom. The summed E-state index contributed by atoms with van der Waals surface area (Å²) >= 11 is 0. The van der Waals surface area contributed by atoms with Gasteiger partial charge in [-0.05, 0) is 0 Å². The molecule has 0 aliphatic carbocycles. The third-order valence-corrected chi connectivity index (χ3v) is 4.21. The molecule has 0 atom stereocenters. The lowest BCUT2D eigenvalue weighted by Gasteiger charge is -2.22. The largest absolute Gasteiger partial charge is 0.504 e. The SMILES string of the molecule is CO[Si](CC=CCN)(OC)OC. The van der Waals surface area contributed by atoms with E-state index in [9.17, 15) is 0 Å². The Kier molecular flexibility index (Phi) is 6.22. The van der Waals surface area contributed by atoms with Crippen molar-refractivity contribution in [3.8, 4) is 0 Å². The first-order valence-electron chi connectivity index (χ1n) is 3.75. The standard InChI is InChI=1S/C7H17NO3Si/c1-9-12(10-2,11-3)7-5-4-6-8/h4-5H,6-8H2,1-3H3. The molecule has 0 aliphatic heterocycles. The fourth-order valence-corrected chi connectivity index (χ4v) is 2.28. The van der Waals surface area contributed by atoms with Crippen molar-refractivity contribution >= 4 is 8.80 Å². The van der Waals surface area contributed by atoms with Gasteiger partial charge in [-0.15, -0.1) is 0 Å². The zero-order valence-electron chi connectivity index (χ0n) is 7.87. The second-order valence-electron chi connectivity index (χ2n) is 2.21. The van der Waals surface area contributed by atoms with Crippen molar-refractivity contribution in [1.82, 2.24) is 0 Å². The van der Waals surface area contributed by atoms with E-state index in [0.717, 1.165) is 0 Å². The van der Waals surface area contributed by atoms with Crippen LogP contribution in [0, 0.1) is 0 Å².